The van der Waals surface area contributed by atoms with Gasteiger partial charge in [-0.1, -0.05) is 6.92 Å². The maximum absolute atomic E-state index is 14.2. The lowest BCUT2D eigenvalue weighted by molar-refractivity contribution is 0.614. The number of anilines is 2. The minimum atomic E-state index is -0.199. The molecular formula is C16H22FN3S. The Bertz CT molecular complexity index is 595. The Kier molecular flexibility index (Phi) is 5.17. The number of thiazole rings is 1. The van der Waals surface area contributed by atoms with Crippen molar-refractivity contribution in [1.29, 1.82) is 0 Å². The van der Waals surface area contributed by atoms with E-state index < -0.39 is 0 Å². The van der Waals surface area contributed by atoms with Crippen LogP contribution in [-0.4, -0.2) is 18.1 Å². The predicted octanol–water partition coefficient (Wildman–Crippen LogP) is 4.30. The summed E-state index contributed by atoms with van der Waals surface area (Å²) >= 11 is 1.69. The molecule has 0 atom stereocenters. The normalized spacial score (nSPS) is 11.0. The summed E-state index contributed by atoms with van der Waals surface area (Å²) in [5.74, 6) is -0.199. The van der Waals surface area contributed by atoms with Crippen molar-refractivity contribution in [3.63, 3.8) is 0 Å². The molecule has 1 heterocycles. The fourth-order valence-corrected chi connectivity index (χ4v) is 2.77. The van der Waals surface area contributed by atoms with E-state index >= 15 is 0 Å². The van der Waals surface area contributed by atoms with E-state index in [1.54, 1.807) is 17.4 Å². The molecule has 1 aromatic carbocycles. The van der Waals surface area contributed by atoms with Crippen molar-refractivity contribution in [2.45, 2.75) is 39.8 Å². The van der Waals surface area contributed by atoms with Gasteiger partial charge in [0.05, 0.1) is 17.2 Å². The summed E-state index contributed by atoms with van der Waals surface area (Å²) in [4.78, 5) is 7.41. The van der Waals surface area contributed by atoms with E-state index in [1.165, 1.54) is 0 Å². The average Bonchev–Trinajstić information content (AvgIpc) is 2.92. The van der Waals surface area contributed by atoms with Gasteiger partial charge in [-0.3, -0.25) is 0 Å². The highest BCUT2D eigenvalue weighted by molar-refractivity contribution is 7.11. The molecule has 0 bridgehead atoms. The van der Waals surface area contributed by atoms with E-state index in [4.69, 9.17) is 0 Å². The Morgan fingerprint density at radius 1 is 1.38 bits per heavy atom. The molecule has 0 unspecified atom stereocenters. The van der Waals surface area contributed by atoms with Gasteiger partial charge in [-0.05, 0) is 38.5 Å². The Labute approximate surface area is 129 Å². The Morgan fingerprint density at radius 3 is 2.71 bits per heavy atom. The number of hydrogen-bond acceptors (Lipinski definition) is 4. The zero-order valence-electron chi connectivity index (χ0n) is 13.0. The van der Waals surface area contributed by atoms with Crippen molar-refractivity contribution in [2.75, 3.05) is 17.3 Å². The largest absolute Gasteiger partial charge is 0.380 e. The number of nitrogens with zero attached hydrogens (tertiary/aromatic N) is 2. The molecule has 2 aromatic rings. The van der Waals surface area contributed by atoms with Crippen LogP contribution in [0.25, 0.3) is 0 Å². The first-order valence-corrected chi connectivity index (χ1v) is 8.02. The van der Waals surface area contributed by atoms with Gasteiger partial charge in [0.15, 0.2) is 0 Å². The molecule has 0 aliphatic heterocycles. The van der Waals surface area contributed by atoms with Gasteiger partial charge in [-0.25, -0.2) is 9.37 Å². The fraction of sp³-hybridized carbons (Fsp3) is 0.438. The van der Waals surface area contributed by atoms with E-state index in [1.807, 2.05) is 44.1 Å². The molecule has 2 rings (SSSR count). The van der Waals surface area contributed by atoms with E-state index in [2.05, 4.69) is 17.2 Å². The van der Waals surface area contributed by atoms with Crippen molar-refractivity contribution < 1.29 is 4.39 Å². The molecule has 1 N–H and O–H groups in total. The van der Waals surface area contributed by atoms with Gasteiger partial charge < -0.3 is 10.2 Å². The van der Waals surface area contributed by atoms with Crippen molar-refractivity contribution in [3.05, 3.63) is 40.1 Å². The molecule has 0 saturated heterocycles. The molecule has 21 heavy (non-hydrogen) atoms. The number of halogens is 1. The molecule has 0 aliphatic rings. The van der Waals surface area contributed by atoms with E-state index in [0.717, 1.165) is 22.0 Å². The first-order chi connectivity index (χ1) is 10.0. The predicted molar refractivity (Wildman–Crippen MR) is 88.8 cm³/mol. The molecule has 0 aliphatic carbocycles. The number of benzene rings is 1. The van der Waals surface area contributed by atoms with Crippen LogP contribution < -0.4 is 10.2 Å². The molecule has 0 radical (unpaired) electrons. The first-order valence-electron chi connectivity index (χ1n) is 7.21. The molecule has 1 aromatic heterocycles. The highest BCUT2D eigenvalue weighted by atomic mass is 32.1. The van der Waals surface area contributed by atoms with Gasteiger partial charge in [-0.15, -0.1) is 11.3 Å². The van der Waals surface area contributed by atoms with Crippen LogP contribution in [-0.2, 0) is 13.0 Å². The number of hydrogen-bond donors (Lipinski definition) is 1. The summed E-state index contributed by atoms with van der Waals surface area (Å²) in [6.07, 6.45) is 2.84. The van der Waals surface area contributed by atoms with Gasteiger partial charge in [0, 0.05) is 29.9 Å². The Morgan fingerprint density at radius 2 is 2.14 bits per heavy atom. The van der Waals surface area contributed by atoms with Crippen molar-refractivity contribution in [2.24, 2.45) is 0 Å². The van der Waals surface area contributed by atoms with Crippen LogP contribution in [0.15, 0.2) is 24.4 Å². The van der Waals surface area contributed by atoms with Crippen LogP contribution >= 0.6 is 11.3 Å². The summed E-state index contributed by atoms with van der Waals surface area (Å²) < 4.78 is 14.2. The second kappa shape index (κ2) is 6.89. The minimum absolute atomic E-state index is 0.199. The van der Waals surface area contributed by atoms with E-state index in [0.29, 0.717) is 12.2 Å². The second-order valence-corrected chi connectivity index (χ2v) is 6.50. The Balaban J connectivity index is 2.03. The third-order valence-corrected chi connectivity index (χ3v) is 4.61. The topological polar surface area (TPSA) is 28.2 Å². The summed E-state index contributed by atoms with van der Waals surface area (Å²) in [7, 11) is 1.90. The summed E-state index contributed by atoms with van der Waals surface area (Å²) in [6.45, 7) is 6.85. The molecule has 3 nitrogen and oxygen atoms in total. The van der Waals surface area contributed by atoms with Crippen LogP contribution in [0.2, 0.25) is 0 Å². The fourth-order valence-electron chi connectivity index (χ4n) is 1.96. The summed E-state index contributed by atoms with van der Waals surface area (Å²) in [5.41, 5.74) is 1.42. The molecule has 0 spiro atoms. The van der Waals surface area contributed by atoms with Crippen molar-refractivity contribution in [1.82, 2.24) is 4.98 Å². The van der Waals surface area contributed by atoms with Crippen molar-refractivity contribution in [3.8, 4) is 0 Å². The smallest absolute Gasteiger partial charge is 0.148 e. The molecule has 0 amide bonds. The average molecular weight is 307 g/mol. The SMILES string of the molecule is CCc1ncc(CNc2ccc(N(C)C(C)C)c(F)c2)s1. The van der Waals surface area contributed by atoms with Gasteiger partial charge in [0.1, 0.15) is 5.82 Å². The molecule has 5 heteroatoms. The monoisotopic (exact) mass is 307 g/mol. The second-order valence-electron chi connectivity index (χ2n) is 5.30. The lowest BCUT2D eigenvalue weighted by Crippen LogP contribution is -2.26. The van der Waals surface area contributed by atoms with Crippen LogP contribution in [0.3, 0.4) is 0 Å². The minimum Gasteiger partial charge on any atom is -0.380 e. The lowest BCUT2D eigenvalue weighted by Gasteiger charge is -2.24. The van der Waals surface area contributed by atoms with Crippen molar-refractivity contribution >= 4 is 22.7 Å². The number of aromatic nitrogens is 1. The van der Waals surface area contributed by atoms with Crippen LogP contribution in [0.1, 0.15) is 30.7 Å². The number of nitrogens with one attached hydrogen (secondary N) is 1. The summed E-state index contributed by atoms with van der Waals surface area (Å²) in [5, 5.41) is 4.38. The van der Waals surface area contributed by atoms with E-state index in [-0.39, 0.29) is 11.9 Å². The number of rotatable bonds is 6. The zero-order valence-corrected chi connectivity index (χ0v) is 13.8. The van der Waals surface area contributed by atoms with Gasteiger partial charge in [0.2, 0.25) is 0 Å². The highest BCUT2D eigenvalue weighted by Crippen LogP contribution is 2.24. The quantitative estimate of drug-likeness (QED) is 0.862. The standard InChI is InChI=1S/C16H22FN3S/c1-5-16-19-10-13(21-16)9-18-12-6-7-15(14(17)8-12)20(4)11(2)3/h6-8,10-11,18H,5,9H2,1-4H3. The number of aryl methyl sites for hydroxylation is 1. The Hall–Kier alpha value is -1.62. The lowest BCUT2D eigenvalue weighted by atomic mass is 10.2. The maximum atomic E-state index is 14.2. The van der Waals surface area contributed by atoms with Gasteiger partial charge in [0.25, 0.3) is 0 Å². The maximum Gasteiger partial charge on any atom is 0.148 e. The van der Waals surface area contributed by atoms with Crippen LogP contribution in [0.5, 0.6) is 0 Å². The van der Waals surface area contributed by atoms with Crippen LogP contribution in [0, 0.1) is 5.82 Å². The molecular weight excluding hydrogens is 285 g/mol. The molecule has 114 valence electrons. The molecule has 0 saturated carbocycles. The molecule has 0 fully saturated rings. The van der Waals surface area contributed by atoms with E-state index in [9.17, 15) is 4.39 Å². The van der Waals surface area contributed by atoms with Gasteiger partial charge in [-0.2, -0.15) is 0 Å². The van der Waals surface area contributed by atoms with Crippen LogP contribution in [0.4, 0.5) is 15.8 Å². The third-order valence-electron chi connectivity index (χ3n) is 3.47. The first kappa shape index (κ1) is 15.8. The highest BCUT2D eigenvalue weighted by Gasteiger charge is 2.11. The van der Waals surface area contributed by atoms with Gasteiger partial charge >= 0.3 is 0 Å². The zero-order chi connectivity index (χ0) is 15.4. The third kappa shape index (κ3) is 3.94. The summed E-state index contributed by atoms with van der Waals surface area (Å²) in [6, 6.07) is 5.56.